The maximum atomic E-state index is 12.9. The van der Waals surface area contributed by atoms with Crippen molar-refractivity contribution in [3.8, 4) is 0 Å². The summed E-state index contributed by atoms with van der Waals surface area (Å²) in [4.78, 5) is 18.2. The van der Waals surface area contributed by atoms with Crippen molar-refractivity contribution in [3.05, 3.63) is 75.6 Å². The zero-order valence-electron chi connectivity index (χ0n) is 17.7. The summed E-state index contributed by atoms with van der Waals surface area (Å²) in [5.41, 5.74) is 4.93. The number of hydrogen-bond donors (Lipinski definition) is 2. The number of aromatic amines is 1. The monoisotopic (exact) mass is 419 g/mol. The Hall–Kier alpha value is -2.66. The first-order valence-corrected chi connectivity index (χ1v) is 11.2. The van der Waals surface area contributed by atoms with Crippen LogP contribution in [-0.4, -0.2) is 21.0 Å². The van der Waals surface area contributed by atoms with Crippen molar-refractivity contribution in [2.24, 2.45) is 0 Å². The van der Waals surface area contributed by atoms with Crippen LogP contribution >= 0.6 is 12.2 Å². The van der Waals surface area contributed by atoms with Crippen molar-refractivity contribution in [3.63, 3.8) is 0 Å². The van der Waals surface area contributed by atoms with Crippen LogP contribution < -0.4 is 10.9 Å². The summed E-state index contributed by atoms with van der Waals surface area (Å²) >= 11 is 5.82. The number of rotatable bonds is 4. The van der Waals surface area contributed by atoms with E-state index in [-0.39, 0.29) is 5.56 Å². The van der Waals surface area contributed by atoms with Gasteiger partial charge in [-0.15, -0.1) is 0 Å². The van der Waals surface area contributed by atoms with E-state index in [1.54, 1.807) is 0 Å². The maximum Gasteiger partial charge on any atom is 0.253 e. The van der Waals surface area contributed by atoms with E-state index >= 15 is 0 Å². The largest absolute Gasteiger partial charge is 0.342 e. The lowest BCUT2D eigenvalue weighted by Crippen LogP contribution is -2.44. The Balaban J connectivity index is 1.66. The van der Waals surface area contributed by atoms with Crippen LogP contribution in [0.4, 0.5) is 5.69 Å². The Labute approximate surface area is 183 Å². The van der Waals surface area contributed by atoms with Gasteiger partial charge in [-0.05, 0) is 74.3 Å². The lowest BCUT2D eigenvalue weighted by molar-refractivity contribution is 0.240. The standard InChI is InChI=1S/C25H29N3OS/c1-17-13-18(2)22-15-19(24(29)27-23(22)14-17)16-28(21-11-7-4-8-12-21)25(30)26-20-9-5-3-6-10-20/h3,5-6,9-10,13-15,21H,4,7-8,11-12,16H2,1-2H3,(H,26,30)(H,27,29). The Bertz CT molecular complexity index is 1100. The molecule has 0 radical (unpaired) electrons. The number of hydrogen-bond acceptors (Lipinski definition) is 2. The topological polar surface area (TPSA) is 48.1 Å². The third-order valence-corrected chi connectivity index (χ3v) is 6.37. The number of nitrogens with zero attached hydrogens (tertiary/aromatic N) is 1. The molecule has 0 amide bonds. The van der Waals surface area contributed by atoms with Crippen LogP contribution in [0, 0.1) is 13.8 Å². The molecule has 4 nitrogen and oxygen atoms in total. The van der Waals surface area contributed by atoms with E-state index in [2.05, 4.69) is 35.1 Å². The summed E-state index contributed by atoms with van der Waals surface area (Å²) in [5, 5.41) is 5.17. The van der Waals surface area contributed by atoms with Crippen LogP contribution in [0.3, 0.4) is 0 Å². The highest BCUT2D eigenvalue weighted by molar-refractivity contribution is 7.80. The molecule has 1 saturated carbocycles. The molecule has 4 rings (SSSR count). The van der Waals surface area contributed by atoms with Gasteiger partial charge in [0, 0.05) is 28.2 Å². The Morgan fingerprint density at radius 3 is 2.57 bits per heavy atom. The Morgan fingerprint density at radius 2 is 1.83 bits per heavy atom. The van der Waals surface area contributed by atoms with Crippen LogP contribution in [-0.2, 0) is 6.54 Å². The third kappa shape index (κ3) is 4.57. The number of H-pyrrole nitrogens is 1. The number of aromatic nitrogens is 1. The summed E-state index contributed by atoms with van der Waals surface area (Å²) in [5.74, 6) is 0. The molecule has 2 aromatic carbocycles. The molecule has 0 saturated heterocycles. The molecule has 3 aromatic rings. The summed E-state index contributed by atoms with van der Waals surface area (Å²) in [6.45, 7) is 4.66. The van der Waals surface area contributed by atoms with Gasteiger partial charge in [0.25, 0.3) is 5.56 Å². The molecule has 0 unspecified atom stereocenters. The fourth-order valence-corrected chi connectivity index (χ4v) is 4.82. The lowest BCUT2D eigenvalue weighted by Gasteiger charge is -2.36. The van der Waals surface area contributed by atoms with E-state index in [1.807, 2.05) is 42.5 Å². The van der Waals surface area contributed by atoms with Gasteiger partial charge in [0.15, 0.2) is 5.11 Å². The van der Waals surface area contributed by atoms with Crippen molar-refractivity contribution >= 4 is 33.9 Å². The van der Waals surface area contributed by atoms with Crippen LogP contribution in [0.15, 0.2) is 53.3 Å². The predicted molar refractivity (Wildman–Crippen MR) is 129 cm³/mol. The first kappa shape index (κ1) is 20.6. The van der Waals surface area contributed by atoms with Crippen LogP contribution in [0.2, 0.25) is 0 Å². The van der Waals surface area contributed by atoms with Gasteiger partial charge in [0.05, 0.1) is 6.54 Å². The molecule has 30 heavy (non-hydrogen) atoms. The second-order valence-electron chi connectivity index (χ2n) is 8.38. The number of thiocarbonyl (C=S) groups is 1. The quantitative estimate of drug-likeness (QED) is 0.535. The van der Waals surface area contributed by atoms with Gasteiger partial charge in [0.2, 0.25) is 0 Å². The Morgan fingerprint density at radius 1 is 1.10 bits per heavy atom. The maximum absolute atomic E-state index is 12.9. The van der Waals surface area contributed by atoms with Gasteiger partial charge >= 0.3 is 0 Å². The van der Waals surface area contributed by atoms with Crippen molar-refractivity contribution < 1.29 is 0 Å². The number of fused-ring (bicyclic) bond motifs is 1. The fraction of sp³-hybridized carbons (Fsp3) is 0.360. The fourth-order valence-electron chi connectivity index (χ4n) is 4.49. The summed E-state index contributed by atoms with van der Waals surface area (Å²) in [7, 11) is 0. The average molecular weight is 420 g/mol. The molecule has 0 bridgehead atoms. The molecule has 156 valence electrons. The average Bonchev–Trinajstić information content (AvgIpc) is 2.73. The van der Waals surface area contributed by atoms with Crippen LogP contribution in [0.25, 0.3) is 10.9 Å². The molecule has 0 aliphatic heterocycles. The van der Waals surface area contributed by atoms with Gasteiger partial charge in [0.1, 0.15) is 0 Å². The zero-order chi connectivity index (χ0) is 21.1. The van der Waals surface area contributed by atoms with Crippen molar-refractivity contribution in [2.45, 2.75) is 58.5 Å². The molecule has 1 heterocycles. The van der Waals surface area contributed by atoms with E-state index in [9.17, 15) is 4.79 Å². The molecule has 0 spiro atoms. The summed E-state index contributed by atoms with van der Waals surface area (Å²) in [6, 6.07) is 16.6. The molecule has 5 heteroatoms. The molecule has 1 aliphatic rings. The van der Waals surface area contributed by atoms with E-state index in [0.717, 1.165) is 40.6 Å². The number of anilines is 1. The minimum Gasteiger partial charge on any atom is -0.342 e. The predicted octanol–water partition coefficient (Wildman–Crippen LogP) is 5.68. The second-order valence-corrected chi connectivity index (χ2v) is 8.77. The number of nitrogens with one attached hydrogen (secondary N) is 2. The molecule has 0 atom stereocenters. The van der Waals surface area contributed by atoms with Crippen LogP contribution in [0.1, 0.15) is 48.8 Å². The van der Waals surface area contributed by atoms with Crippen molar-refractivity contribution in [1.29, 1.82) is 0 Å². The second kappa shape index (κ2) is 9.00. The van der Waals surface area contributed by atoms with E-state index in [1.165, 1.54) is 24.8 Å². The van der Waals surface area contributed by atoms with E-state index in [0.29, 0.717) is 17.7 Å². The van der Waals surface area contributed by atoms with E-state index < -0.39 is 0 Å². The molecule has 1 aromatic heterocycles. The molecule has 2 N–H and O–H groups in total. The minimum absolute atomic E-state index is 0.0316. The van der Waals surface area contributed by atoms with Gasteiger partial charge in [-0.25, -0.2) is 0 Å². The third-order valence-electron chi connectivity index (χ3n) is 6.03. The van der Waals surface area contributed by atoms with E-state index in [4.69, 9.17) is 12.2 Å². The van der Waals surface area contributed by atoms with Gasteiger partial charge < -0.3 is 15.2 Å². The smallest absolute Gasteiger partial charge is 0.253 e. The normalized spacial score (nSPS) is 14.6. The van der Waals surface area contributed by atoms with Gasteiger partial charge in [-0.2, -0.15) is 0 Å². The first-order valence-electron chi connectivity index (χ1n) is 10.8. The Kier molecular flexibility index (Phi) is 6.18. The van der Waals surface area contributed by atoms with Crippen molar-refractivity contribution in [1.82, 2.24) is 9.88 Å². The number of para-hydroxylation sites is 1. The highest BCUT2D eigenvalue weighted by Crippen LogP contribution is 2.26. The summed E-state index contributed by atoms with van der Waals surface area (Å²) in [6.07, 6.45) is 5.92. The molecular weight excluding hydrogens is 390 g/mol. The number of benzene rings is 2. The summed E-state index contributed by atoms with van der Waals surface area (Å²) < 4.78 is 0. The molecule has 1 aliphatic carbocycles. The highest BCUT2D eigenvalue weighted by Gasteiger charge is 2.24. The van der Waals surface area contributed by atoms with Gasteiger partial charge in [-0.1, -0.05) is 43.5 Å². The van der Waals surface area contributed by atoms with Crippen LogP contribution in [0.5, 0.6) is 0 Å². The number of pyridine rings is 1. The number of aryl methyl sites for hydroxylation is 2. The molecule has 1 fully saturated rings. The molecular formula is C25H29N3OS. The van der Waals surface area contributed by atoms with Gasteiger partial charge in [-0.3, -0.25) is 4.79 Å². The zero-order valence-corrected chi connectivity index (χ0v) is 18.5. The first-order chi connectivity index (χ1) is 14.5. The SMILES string of the molecule is Cc1cc(C)c2cc(CN(C(=S)Nc3ccccc3)C3CCCCC3)c(=O)[nH]c2c1. The lowest BCUT2D eigenvalue weighted by atomic mass is 9.94. The van der Waals surface area contributed by atoms with Crippen molar-refractivity contribution in [2.75, 3.05) is 5.32 Å². The minimum atomic E-state index is -0.0316. The highest BCUT2D eigenvalue weighted by atomic mass is 32.1.